The van der Waals surface area contributed by atoms with Gasteiger partial charge < -0.3 is 5.32 Å². The zero-order chi connectivity index (χ0) is 13.3. The minimum Gasteiger partial charge on any atom is -0.308 e. The molecule has 18 heavy (non-hydrogen) atoms. The number of aryl methyl sites for hydroxylation is 2. The molecular formula is C12H14BrClN4. The molecule has 0 fully saturated rings. The average Bonchev–Trinajstić information content (AvgIpc) is 2.66. The molecule has 0 aliphatic heterocycles. The van der Waals surface area contributed by atoms with E-state index in [9.17, 15) is 0 Å². The molecular weight excluding hydrogens is 316 g/mol. The van der Waals surface area contributed by atoms with Gasteiger partial charge >= 0.3 is 0 Å². The molecule has 0 amide bonds. The Labute approximate surface area is 119 Å². The first-order valence-electron chi connectivity index (χ1n) is 5.53. The van der Waals surface area contributed by atoms with E-state index in [1.54, 1.807) is 4.68 Å². The van der Waals surface area contributed by atoms with Gasteiger partial charge in [0.25, 0.3) is 0 Å². The van der Waals surface area contributed by atoms with Crippen LogP contribution in [0.3, 0.4) is 0 Å². The molecule has 1 aromatic carbocycles. The third-order valence-electron chi connectivity index (χ3n) is 2.92. The highest BCUT2D eigenvalue weighted by atomic mass is 79.9. The van der Waals surface area contributed by atoms with Gasteiger partial charge in [-0.25, -0.2) is 4.68 Å². The Hall–Kier alpha value is -0.910. The molecule has 2 aromatic rings. The SMILES string of the molecule is CNC(c1ccc(C)c(Cl)c1)c1c(Br)nnn1C. The van der Waals surface area contributed by atoms with E-state index in [4.69, 9.17) is 11.6 Å². The van der Waals surface area contributed by atoms with Crippen molar-refractivity contribution in [2.75, 3.05) is 7.05 Å². The van der Waals surface area contributed by atoms with Gasteiger partial charge in [-0.05, 0) is 47.1 Å². The standard InChI is InChI=1S/C12H14BrClN4/c1-7-4-5-8(6-9(7)14)10(15-2)11-12(13)16-17-18(11)3/h4-6,10,15H,1-3H3. The Kier molecular flexibility index (Phi) is 4.04. The second kappa shape index (κ2) is 5.38. The maximum Gasteiger partial charge on any atom is 0.153 e. The summed E-state index contributed by atoms with van der Waals surface area (Å²) in [6.45, 7) is 1.99. The van der Waals surface area contributed by atoms with Crippen LogP contribution in [0.1, 0.15) is 22.9 Å². The third-order valence-corrected chi connectivity index (χ3v) is 3.89. The zero-order valence-corrected chi connectivity index (χ0v) is 12.7. The van der Waals surface area contributed by atoms with E-state index in [1.165, 1.54) is 0 Å². The first-order chi connectivity index (χ1) is 8.54. The summed E-state index contributed by atoms with van der Waals surface area (Å²) in [6.07, 6.45) is 0. The lowest BCUT2D eigenvalue weighted by Crippen LogP contribution is -2.21. The second-order valence-corrected chi connectivity index (χ2v) is 5.28. The number of hydrogen-bond acceptors (Lipinski definition) is 3. The quantitative estimate of drug-likeness (QED) is 0.941. The van der Waals surface area contributed by atoms with Gasteiger partial charge in [-0.3, -0.25) is 0 Å². The zero-order valence-electron chi connectivity index (χ0n) is 10.4. The normalized spacial score (nSPS) is 12.7. The molecule has 0 spiro atoms. The fraction of sp³-hybridized carbons (Fsp3) is 0.333. The van der Waals surface area contributed by atoms with Crippen molar-refractivity contribution in [3.63, 3.8) is 0 Å². The lowest BCUT2D eigenvalue weighted by molar-refractivity contribution is 0.597. The highest BCUT2D eigenvalue weighted by Gasteiger charge is 2.20. The smallest absolute Gasteiger partial charge is 0.153 e. The van der Waals surface area contributed by atoms with Crippen LogP contribution >= 0.6 is 27.5 Å². The van der Waals surface area contributed by atoms with Gasteiger partial charge in [0, 0.05) is 12.1 Å². The minimum absolute atomic E-state index is 0.00234. The van der Waals surface area contributed by atoms with Crippen LogP contribution in [0.4, 0.5) is 0 Å². The van der Waals surface area contributed by atoms with Gasteiger partial charge in [-0.15, -0.1) is 5.10 Å². The van der Waals surface area contributed by atoms with E-state index >= 15 is 0 Å². The van der Waals surface area contributed by atoms with Crippen LogP contribution in [0, 0.1) is 6.92 Å². The number of hydrogen-bond donors (Lipinski definition) is 1. The fourth-order valence-electron chi connectivity index (χ4n) is 1.90. The maximum absolute atomic E-state index is 6.18. The number of rotatable bonds is 3. The predicted molar refractivity (Wildman–Crippen MR) is 75.8 cm³/mol. The highest BCUT2D eigenvalue weighted by Crippen LogP contribution is 2.28. The van der Waals surface area contributed by atoms with Crippen LogP contribution in [-0.4, -0.2) is 22.0 Å². The van der Waals surface area contributed by atoms with Gasteiger partial charge in [0.2, 0.25) is 0 Å². The first-order valence-corrected chi connectivity index (χ1v) is 6.70. The fourth-order valence-corrected chi connectivity index (χ4v) is 2.64. The molecule has 0 aliphatic carbocycles. The molecule has 0 radical (unpaired) electrons. The van der Waals surface area contributed by atoms with Crippen molar-refractivity contribution in [1.82, 2.24) is 20.3 Å². The molecule has 1 atom stereocenters. The molecule has 1 heterocycles. The number of halogens is 2. The van der Waals surface area contributed by atoms with Crippen LogP contribution in [0.2, 0.25) is 5.02 Å². The largest absolute Gasteiger partial charge is 0.308 e. The number of aromatic nitrogens is 3. The molecule has 0 saturated heterocycles. The number of benzene rings is 1. The highest BCUT2D eigenvalue weighted by molar-refractivity contribution is 9.10. The summed E-state index contributed by atoms with van der Waals surface area (Å²) in [6, 6.07) is 6.04. The van der Waals surface area contributed by atoms with Crippen molar-refractivity contribution >= 4 is 27.5 Å². The minimum atomic E-state index is -0.00234. The predicted octanol–water partition coefficient (Wildman–Crippen LogP) is 2.85. The molecule has 0 saturated carbocycles. The van der Waals surface area contributed by atoms with E-state index in [0.717, 1.165) is 26.4 Å². The van der Waals surface area contributed by atoms with E-state index in [-0.39, 0.29) is 6.04 Å². The van der Waals surface area contributed by atoms with Crippen molar-refractivity contribution in [3.05, 3.63) is 44.6 Å². The molecule has 1 aromatic heterocycles. The van der Waals surface area contributed by atoms with E-state index < -0.39 is 0 Å². The molecule has 6 heteroatoms. The van der Waals surface area contributed by atoms with Crippen molar-refractivity contribution < 1.29 is 0 Å². The summed E-state index contributed by atoms with van der Waals surface area (Å²) in [5.74, 6) is 0. The van der Waals surface area contributed by atoms with Gasteiger partial charge in [-0.1, -0.05) is 28.9 Å². The summed E-state index contributed by atoms with van der Waals surface area (Å²) < 4.78 is 2.49. The Balaban J connectivity index is 2.48. The van der Waals surface area contributed by atoms with Crippen LogP contribution in [0.15, 0.2) is 22.8 Å². The van der Waals surface area contributed by atoms with Gasteiger partial charge in [0.05, 0.1) is 11.7 Å². The van der Waals surface area contributed by atoms with Crippen molar-refractivity contribution in [1.29, 1.82) is 0 Å². The van der Waals surface area contributed by atoms with Crippen LogP contribution in [0.25, 0.3) is 0 Å². The maximum atomic E-state index is 6.18. The molecule has 2 rings (SSSR count). The summed E-state index contributed by atoms with van der Waals surface area (Å²) in [7, 11) is 3.77. The summed E-state index contributed by atoms with van der Waals surface area (Å²) in [5, 5.41) is 12.0. The van der Waals surface area contributed by atoms with Crippen LogP contribution in [0.5, 0.6) is 0 Å². The van der Waals surface area contributed by atoms with E-state index in [0.29, 0.717) is 0 Å². The van der Waals surface area contributed by atoms with Crippen molar-refractivity contribution in [2.45, 2.75) is 13.0 Å². The number of nitrogens with one attached hydrogen (secondary N) is 1. The van der Waals surface area contributed by atoms with Gasteiger partial charge in [0.15, 0.2) is 4.60 Å². The molecule has 1 unspecified atom stereocenters. The molecule has 4 nitrogen and oxygen atoms in total. The van der Waals surface area contributed by atoms with E-state index in [1.807, 2.05) is 33.2 Å². The molecule has 1 N–H and O–H groups in total. The Morgan fingerprint density at radius 3 is 2.67 bits per heavy atom. The van der Waals surface area contributed by atoms with Crippen molar-refractivity contribution in [2.24, 2.45) is 7.05 Å². The molecule has 0 aliphatic rings. The van der Waals surface area contributed by atoms with Crippen LogP contribution in [-0.2, 0) is 7.05 Å². The average molecular weight is 330 g/mol. The van der Waals surface area contributed by atoms with Gasteiger partial charge in [-0.2, -0.15) is 0 Å². The lowest BCUT2D eigenvalue weighted by Gasteiger charge is -2.17. The third kappa shape index (κ3) is 2.43. The molecule has 0 bridgehead atoms. The van der Waals surface area contributed by atoms with E-state index in [2.05, 4.69) is 37.6 Å². The lowest BCUT2D eigenvalue weighted by atomic mass is 10.0. The topological polar surface area (TPSA) is 42.7 Å². The second-order valence-electron chi connectivity index (χ2n) is 4.12. The Morgan fingerprint density at radius 2 is 2.17 bits per heavy atom. The monoisotopic (exact) mass is 328 g/mol. The Morgan fingerprint density at radius 1 is 1.44 bits per heavy atom. The Bertz CT molecular complexity index is 548. The van der Waals surface area contributed by atoms with Crippen molar-refractivity contribution in [3.8, 4) is 0 Å². The summed E-state index contributed by atoms with van der Waals surface area (Å²) >= 11 is 9.60. The molecule has 96 valence electrons. The summed E-state index contributed by atoms with van der Waals surface area (Å²) in [4.78, 5) is 0. The van der Waals surface area contributed by atoms with Crippen LogP contribution < -0.4 is 5.32 Å². The summed E-state index contributed by atoms with van der Waals surface area (Å²) in [5.41, 5.74) is 3.12. The first kappa shape index (κ1) is 13.5. The van der Waals surface area contributed by atoms with Gasteiger partial charge in [0.1, 0.15) is 0 Å². The number of nitrogens with zero attached hydrogens (tertiary/aromatic N) is 3.